The maximum Gasteiger partial charge on any atom is 0.230 e. The van der Waals surface area contributed by atoms with E-state index in [9.17, 15) is 4.79 Å². The highest BCUT2D eigenvalue weighted by atomic mass is 32.2. The average Bonchev–Trinajstić information content (AvgIpc) is 3.27. The molecule has 0 radical (unpaired) electrons. The second-order valence-electron chi connectivity index (χ2n) is 4.94. The summed E-state index contributed by atoms with van der Waals surface area (Å²) in [6.45, 7) is 1.98. The molecule has 1 amide bonds. The van der Waals surface area contributed by atoms with Crippen LogP contribution >= 0.6 is 23.1 Å². The van der Waals surface area contributed by atoms with Gasteiger partial charge in [-0.15, -0.1) is 21.5 Å². The second kappa shape index (κ2) is 7.01. The highest BCUT2D eigenvalue weighted by Gasteiger charge is 2.15. The summed E-state index contributed by atoms with van der Waals surface area (Å²) in [5.74, 6) is 1.56. The van der Waals surface area contributed by atoms with Gasteiger partial charge in [0.2, 0.25) is 5.91 Å². The number of carbonyl (C=O) groups is 1. The van der Waals surface area contributed by atoms with Gasteiger partial charge in [0.1, 0.15) is 0 Å². The molecule has 3 aromatic heterocycles. The maximum atomic E-state index is 12.1. The summed E-state index contributed by atoms with van der Waals surface area (Å²) in [6.07, 6.45) is 1.59. The predicted molar refractivity (Wildman–Crippen MR) is 90.3 cm³/mol. The molecule has 1 atom stereocenters. The van der Waals surface area contributed by atoms with Crippen molar-refractivity contribution in [3.8, 4) is 11.6 Å². The van der Waals surface area contributed by atoms with Crippen LogP contribution in [0.4, 0.5) is 0 Å². The third-order valence-electron chi connectivity index (χ3n) is 3.26. The topological polar surface area (TPSA) is 73.0 Å². The molecule has 6 nitrogen and oxygen atoms in total. The molecule has 3 aromatic rings. The number of carbonyl (C=O) groups excluding carboxylic acids is 1. The van der Waals surface area contributed by atoms with Gasteiger partial charge in [0, 0.05) is 11.9 Å². The standard InChI is InChI=1S/C15H16N4O2S2/c1-10(12-6-4-8-22-12)16-13(20)9-23-15-18-17-14(19(15)2)11-5-3-7-21-11/h3-8,10H,9H2,1-2H3,(H,16,20)/t10-/m1/s1. The van der Waals surface area contributed by atoms with Gasteiger partial charge in [0.25, 0.3) is 0 Å². The monoisotopic (exact) mass is 348 g/mol. The van der Waals surface area contributed by atoms with Crippen molar-refractivity contribution in [2.45, 2.75) is 18.1 Å². The quantitative estimate of drug-likeness (QED) is 0.693. The Balaban J connectivity index is 1.57. The first kappa shape index (κ1) is 15.8. The van der Waals surface area contributed by atoms with Gasteiger partial charge in [-0.2, -0.15) is 0 Å². The molecule has 3 heterocycles. The maximum absolute atomic E-state index is 12.1. The van der Waals surface area contributed by atoms with Crippen molar-refractivity contribution in [1.82, 2.24) is 20.1 Å². The van der Waals surface area contributed by atoms with Gasteiger partial charge in [-0.3, -0.25) is 4.79 Å². The molecule has 0 aliphatic carbocycles. The Morgan fingerprint density at radius 3 is 3.00 bits per heavy atom. The van der Waals surface area contributed by atoms with Gasteiger partial charge in [-0.05, 0) is 30.5 Å². The predicted octanol–water partition coefficient (Wildman–Crippen LogP) is 3.11. The zero-order valence-electron chi connectivity index (χ0n) is 12.7. The fourth-order valence-electron chi connectivity index (χ4n) is 2.08. The van der Waals surface area contributed by atoms with Gasteiger partial charge in [0.05, 0.1) is 18.1 Å². The summed E-state index contributed by atoms with van der Waals surface area (Å²) < 4.78 is 7.14. The van der Waals surface area contributed by atoms with Crippen molar-refractivity contribution in [3.63, 3.8) is 0 Å². The van der Waals surface area contributed by atoms with Crippen molar-refractivity contribution in [1.29, 1.82) is 0 Å². The van der Waals surface area contributed by atoms with Crippen LogP contribution in [-0.2, 0) is 11.8 Å². The fourth-order valence-corrected chi connectivity index (χ4v) is 3.54. The first-order chi connectivity index (χ1) is 11.1. The van der Waals surface area contributed by atoms with Crippen LogP contribution in [0, 0.1) is 0 Å². The van der Waals surface area contributed by atoms with Crippen LogP contribution in [0.15, 0.2) is 45.5 Å². The van der Waals surface area contributed by atoms with Crippen molar-refractivity contribution in [2.24, 2.45) is 7.05 Å². The Hall–Kier alpha value is -2.06. The number of hydrogen-bond acceptors (Lipinski definition) is 6. The Morgan fingerprint density at radius 2 is 2.30 bits per heavy atom. The molecule has 0 aromatic carbocycles. The molecule has 0 spiro atoms. The largest absolute Gasteiger partial charge is 0.461 e. The Bertz CT molecular complexity index is 766. The zero-order chi connectivity index (χ0) is 16.2. The molecule has 0 unspecified atom stereocenters. The molecule has 0 aliphatic heterocycles. The van der Waals surface area contributed by atoms with Crippen molar-refractivity contribution in [2.75, 3.05) is 5.75 Å². The summed E-state index contributed by atoms with van der Waals surface area (Å²) >= 11 is 2.98. The highest BCUT2D eigenvalue weighted by molar-refractivity contribution is 7.99. The normalized spacial score (nSPS) is 12.3. The number of rotatable bonds is 6. The molecule has 0 aliphatic rings. The molecule has 0 bridgehead atoms. The van der Waals surface area contributed by atoms with Crippen LogP contribution < -0.4 is 5.32 Å². The SMILES string of the molecule is C[C@@H](NC(=O)CSc1nnc(-c2ccco2)n1C)c1cccs1. The lowest BCUT2D eigenvalue weighted by atomic mass is 10.3. The first-order valence-corrected chi connectivity index (χ1v) is 8.90. The van der Waals surface area contributed by atoms with Crippen LogP contribution in [0.25, 0.3) is 11.6 Å². The van der Waals surface area contributed by atoms with Crippen LogP contribution in [0.3, 0.4) is 0 Å². The van der Waals surface area contributed by atoms with E-state index in [1.165, 1.54) is 11.8 Å². The molecule has 8 heteroatoms. The molecule has 0 saturated heterocycles. The minimum absolute atomic E-state index is 0.0151. The fraction of sp³-hybridized carbons (Fsp3) is 0.267. The Kier molecular flexibility index (Phi) is 4.82. The van der Waals surface area contributed by atoms with E-state index in [4.69, 9.17) is 4.42 Å². The molecule has 120 valence electrons. The third-order valence-corrected chi connectivity index (χ3v) is 5.33. The van der Waals surface area contributed by atoms with Crippen LogP contribution in [0.2, 0.25) is 0 Å². The molecular weight excluding hydrogens is 332 g/mol. The molecule has 0 fully saturated rings. The van der Waals surface area contributed by atoms with E-state index in [1.54, 1.807) is 23.7 Å². The second-order valence-corrected chi connectivity index (χ2v) is 6.86. The van der Waals surface area contributed by atoms with E-state index in [2.05, 4.69) is 15.5 Å². The summed E-state index contributed by atoms with van der Waals surface area (Å²) in [7, 11) is 1.85. The van der Waals surface area contributed by atoms with E-state index in [0.29, 0.717) is 22.5 Å². The van der Waals surface area contributed by atoms with Crippen LogP contribution in [0.5, 0.6) is 0 Å². The lowest BCUT2D eigenvalue weighted by molar-refractivity contribution is -0.119. The summed E-state index contributed by atoms with van der Waals surface area (Å²) in [5, 5.41) is 13.9. The highest BCUT2D eigenvalue weighted by Crippen LogP contribution is 2.23. The van der Waals surface area contributed by atoms with Gasteiger partial charge >= 0.3 is 0 Å². The minimum atomic E-state index is -0.0292. The third kappa shape index (κ3) is 3.65. The number of nitrogens with zero attached hydrogens (tertiary/aromatic N) is 3. The molecule has 1 N–H and O–H groups in total. The smallest absolute Gasteiger partial charge is 0.230 e. The minimum Gasteiger partial charge on any atom is -0.461 e. The van der Waals surface area contributed by atoms with E-state index in [0.717, 1.165) is 4.88 Å². The number of thiophene rings is 1. The van der Waals surface area contributed by atoms with Gasteiger partial charge in [-0.1, -0.05) is 17.8 Å². The lowest BCUT2D eigenvalue weighted by Crippen LogP contribution is -2.27. The molecule has 23 heavy (non-hydrogen) atoms. The van der Waals surface area contributed by atoms with E-state index >= 15 is 0 Å². The molecular formula is C15H16N4O2S2. The van der Waals surface area contributed by atoms with Crippen molar-refractivity contribution in [3.05, 3.63) is 40.8 Å². The number of furan rings is 1. The lowest BCUT2D eigenvalue weighted by Gasteiger charge is -2.11. The average molecular weight is 348 g/mol. The first-order valence-electron chi connectivity index (χ1n) is 7.04. The molecule has 0 saturated carbocycles. The van der Waals surface area contributed by atoms with E-state index in [-0.39, 0.29) is 11.9 Å². The summed E-state index contributed by atoms with van der Waals surface area (Å²) in [4.78, 5) is 13.2. The number of hydrogen-bond donors (Lipinski definition) is 1. The van der Waals surface area contributed by atoms with Gasteiger partial charge < -0.3 is 14.3 Å². The Labute approximate surface area is 141 Å². The number of amides is 1. The van der Waals surface area contributed by atoms with Gasteiger partial charge in [-0.25, -0.2) is 0 Å². The van der Waals surface area contributed by atoms with Crippen LogP contribution in [-0.4, -0.2) is 26.4 Å². The number of thioether (sulfide) groups is 1. The summed E-state index contributed by atoms with van der Waals surface area (Å²) in [6, 6.07) is 7.64. The Morgan fingerprint density at radius 1 is 1.43 bits per heavy atom. The number of aromatic nitrogens is 3. The van der Waals surface area contributed by atoms with E-state index < -0.39 is 0 Å². The van der Waals surface area contributed by atoms with E-state index in [1.807, 2.05) is 42.1 Å². The number of nitrogens with one attached hydrogen (secondary N) is 1. The zero-order valence-corrected chi connectivity index (χ0v) is 14.4. The van der Waals surface area contributed by atoms with Crippen molar-refractivity contribution < 1.29 is 9.21 Å². The van der Waals surface area contributed by atoms with Crippen LogP contribution in [0.1, 0.15) is 17.8 Å². The van der Waals surface area contributed by atoms with Crippen molar-refractivity contribution >= 4 is 29.0 Å². The summed E-state index contributed by atoms with van der Waals surface area (Å²) in [5.41, 5.74) is 0. The van der Waals surface area contributed by atoms with Gasteiger partial charge in [0.15, 0.2) is 16.7 Å². The molecule has 3 rings (SSSR count).